The SMILES string of the molecule is COCCOC(=O)Nc1cccc(NC(=O)C2CCN(C(=O)N(C)C)CC2)c1. The van der Waals surface area contributed by atoms with E-state index in [4.69, 9.17) is 9.47 Å². The third-order valence-electron chi connectivity index (χ3n) is 4.42. The number of ether oxygens (including phenoxy) is 2. The average molecular weight is 392 g/mol. The monoisotopic (exact) mass is 392 g/mol. The van der Waals surface area contributed by atoms with Crippen molar-refractivity contribution in [3.05, 3.63) is 24.3 Å². The highest BCUT2D eigenvalue weighted by Gasteiger charge is 2.28. The third-order valence-corrected chi connectivity index (χ3v) is 4.42. The molecule has 1 fully saturated rings. The van der Waals surface area contributed by atoms with E-state index >= 15 is 0 Å². The van der Waals surface area contributed by atoms with Gasteiger partial charge in [0.15, 0.2) is 0 Å². The second-order valence-corrected chi connectivity index (χ2v) is 6.76. The number of benzene rings is 1. The highest BCUT2D eigenvalue weighted by atomic mass is 16.6. The zero-order valence-corrected chi connectivity index (χ0v) is 16.6. The summed E-state index contributed by atoms with van der Waals surface area (Å²) in [5.41, 5.74) is 1.11. The Morgan fingerprint density at radius 3 is 2.36 bits per heavy atom. The number of carbonyl (C=O) groups excluding carboxylic acids is 3. The number of amides is 4. The van der Waals surface area contributed by atoms with E-state index in [2.05, 4.69) is 10.6 Å². The third kappa shape index (κ3) is 6.41. The van der Waals surface area contributed by atoms with Crippen LogP contribution in [-0.4, -0.2) is 75.3 Å². The molecule has 1 aliphatic heterocycles. The van der Waals surface area contributed by atoms with Crippen LogP contribution < -0.4 is 10.6 Å². The first kappa shape index (κ1) is 21.5. The molecule has 1 aromatic rings. The maximum absolute atomic E-state index is 12.5. The zero-order valence-electron chi connectivity index (χ0n) is 16.6. The summed E-state index contributed by atoms with van der Waals surface area (Å²) in [6.45, 7) is 1.60. The number of hydrogen-bond donors (Lipinski definition) is 2. The molecule has 1 heterocycles. The first-order chi connectivity index (χ1) is 13.4. The minimum absolute atomic E-state index is 0.0324. The summed E-state index contributed by atoms with van der Waals surface area (Å²) in [5, 5.41) is 5.49. The molecular formula is C19H28N4O5. The van der Waals surface area contributed by atoms with Gasteiger partial charge in [0.25, 0.3) is 0 Å². The fraction of sp³-hybridized carbons (Fsp3) is 0.526. The second kappa shape index (κ2) is 10.5. The van der Waals surface area contributed by atoms with E-state index in [-0.39, 0.29) is 24.5 Å². The number of anilines is 2. The Kier molecular flexibility index (Phi) is 8.06. The maximum atomic E-state index is 12.5. The first-order valence-electron chi connectivity index (χ1n) is 9.20. The van der Waals surface area contributed by atoms with Gasteiger partial charge in [-0.25, -0.2) is 9.59 Å². The normalized spacial score (nSPS) is 14.3. The fourth-order valence-corrected chi connectivity index (χ4v) is 2.91. The van der Waals surface area contributed by atoms with Crippen LogP contribution in [0.2, 0.25) is 0 Å². The van der Waals surface area contributed by atoms with E-state index in [1.165, 1.54) is 7.11 Å². The van der Waals surface area contributed by atoms with Crippen LogP contribution in [0.3, 0.4) is 0 Å². The summed E-state index contributed by atoms with van der Waals surface area (Å²) >= 11 is 0. The molecule has 1 aromatic carbocycles. The molecule has 0 aliphatic carbocycles. The molecule has 1 aliphatic rings. The van der Waals surface area contributed by atoms with Gasteiger partial charge in [-0.3, -0.25) is 10.1 Å². The van der Waals surface area contributed by atoms with Gasteiger partial charge in [0.05, 0.1) is 6.61 Å². The van der Waals surface area contributed by atoms with E-state index in [0.29, 0.717) is 43.9 Å². The largest absolute Gasteiger partial charge is 0.447 e. The molecule has 0 atom stereocenters. The number of nitrogens with zero attached hydrogens (tertiary/aromatic N) is 2. The molecule has 2 rings (SSSR count). The zero-order chi connectivity index (χ0) is 20.5. The van der Waals surface area contributed by atoms with Gasteiger partial charge in [0.1, 0.15) is 6.61 Å². The number of hydrogen-bond acceptors (Lipinski definition) is 5. The minimum atomic E-state index is -0.585. The average Bonchev–Trinajstić information content (AvgIpc) is 2.68. The van der Waals surface area contributed by atoms with Crippen molar-refractivity contribution in [1.82, 2.24) is 9.80 Å². The van der Waals surface area contributed by atoms with Gasteiger partial charge in [-0.15, -0.1) is 0 Å². The Hall–Kier alpha value is -2.81. The van der Waals surface area contributed by atoms with Crippen molar-refractivity contribution < 1.29 is 23.9 Å². The van der Waals surface area contributed by atoms with Gasteiger partial charge in [0.2, 0.25) is 5.91 Å². The molecule has 0 bridgehead atoms. The van der Waals surface area contributed by atoms with Gasteiger partial charge < -0.3 is 24.6 Å². The summed E-state index contributed by atoms with van der Waals surface area (Å²) < 4.78 is 9.77. The van der Waals surface area contributed by atoms with Crippen LogP contribution in [0, 0.1) is 5.92 Å². The van der Waals surface area contributed by atoms with Crippen LogP contribution in [0.1, 0.15) is 12.8 Å². The van der Waals surface area contributed by atoms with Crippen molar-refractivity contribution in [2.45, 2.75) is 12.8 Å². The van der Waals surface area contributed by atoms with Crippen LogP contribution in [0.5, 0.6) is 0 Å². The van der Waals surface area contributed by atoms with E-state index in [9.17, 15) is 14.4 Å². The second-order valence-electron chi connectivity index (χ2n) is 6.76. The first-order valence-corrected chi connectivity index (χ1v) is 9.20. The lowest BCUT2D eigenvalue weighted by atomic mass is 9.96. The molecule has 4 amide bonds. The van der Waals surface area contributed by atoms with Crippen LogP contribution in [0.4, 0.5) is 21.0 Å². The highest BCUT2D eigenvalue weighted by molar-refractivity contribution is 5.94. The van der Waals surface area contributed by atoms with Gasteiger partial charge in [-0.2, -0.15) is 0 Å². The number of carbonyl (C=O) groups is 3. The van der Waals surface area contributed by atoms with Crippen molar-refractivity contribution in [2.75, 3.05) is 58.1 Å². The molecule has 9 nitrogen and oxygen atoms in total. The van der Waals surface area contributed by atoms with Crippen molar-refractivity contribution in [3.63, 3.8) is 0 Å². The topological polar surface area (TPSA) is 100 Å². The number of methoxy groups -OCH3 is 1. The molecule has 28 heavy (non-hydrogen) atoms. The van der Waals surface area contributed by atoms with Crippen LogP contribution in [0.25, 0.3) is 0 Å². The van der Waals surface area contributed by atoms with Crippen LogP contribution in [-0.2, 0) is 14.3 Å². The quantitative estimate of drug-likeness (QED) is 0.723. The molecule has 0 radical (unpaired) electrons. The summed E-state index contributed by atoms with van der Waals surface area (Å²) in [6, 6.07) is 6.83. The van der Waals surface area contributed by atoms with Gasteiger partial charge in [0, 0.05) is 51.6 Å². The van der Waals surface area contributed by atoms with Crippen molar-refractivity contribution in [2.24, 2.45) is 5.92 Å². The standard InChI is InChI=1S/C19H28N4O5/c1-22(2)19(26)23-9-7-14(8-10-23)17(24)20-15-5-4-6-16(13-15)21-18(25)28-12-11-27-3/h4-6,13-14H,7-12H2,1-3H3,(H,20,24)(H,21,25). The molecule has 1 saturated heterocycles. The summed E-state index contributed by atoms with van der Waals surface area (Å²) in [6.07, 6.45) is 0.656. The Balaban J connectivity index is 1.84. The molecule has 0 spiro atoms. The molecule has 0 unspecified atom stereocenters. The molecule has 2 N–H and O–H groups in total. The predicted molar refractivity (Wildman–Crippen MR) is 105 cm³/mol. The summed E-state index contributed by atoms with van der Waals surface area (Å²) in [7, 11) is 4.96. The molecular weight excluding hydrogens is 364 g/mol. The van der Waals surface area contributed by atoms with Gasteiger partial charge >= 0.3 is 12.1 Å². The number of urea groups is 1. The van der Waals surface area contributed by atoms with Crippen LogP contribution in [0.15, 0.2) is 24.3 Å². The Labute approximate surface area is 165 Å². The Morgan fingerprint density at radius 2 is 1.75 bits per heavy atom. The van der Waals surface area contributed by atoms with Crippen LogP contribution >= 0.6 is 0 Å². The number of piperidine rings is 1. The number of likely N-dealkylation sites (tertiary alicyclic amines) is 1. The number of nitrogens with one attached hydrogen (secondary N) is 2. The molecule has 154 valence electrons. The summed E-state index contributed by atoms with van der Waals surface area (Å²) in [5.74, 6) is -0.237. The lowest BCUT2D eigenvalue weighted by molar-refractivity contribution is -0.121. The fourth-order valence-electron chi connectivity index (χ4n) is 2.91. The molecule has 0 saturated carbocycles. The van der Waals surface area contributed by atoms with E-state index in [1.54, 1.807) is 48.2 Å². The summed E-state index contributed by atoms with van der Waals surface area (Å²) in [4.78, 5) is 39.5. The lowest BCUT2D eigenvalue weighted by Gasteiger charge is -2.33. The Morgan fingerprint density at radius 1 is 1.11 bits per heavy atom. The van der Waals surface area contributed by atoms with Crippen molar-refractivity contribution in [3.8, 4) is 0 Å². The lowest BCUT2D eigenvalue weighted by Crippen LogP contribution is -2.45. The van der Waals surface area contributed by atoms with E-state index in [1.807, 2.05) is 0 Å². The minimum Gasteiger partial charge on any atom is -0.447 e. The highest BCUT2D eigenvalue weighted by Crippen LogP contribution is 2.21. The number of rotatable bonds is 6. The molecule has 0 aromatic heterocycles. The van der Waals surface area contributed by atoms with Gasteiger partial charge in [-0.1, -0.05) is 6.07 Å². The maximum Gasteiger partial charge on any atom is 0.411 e. The van der Waals surface area contributed by atoms with E-state index in [0.717, 1.165) is 0 Å². The van der Waals surface area contributed by atoms with Crippen molar-refractivity contribution in [1.29, 1.82) is 0 Å². The predicted octanol–water partition coefficient (Wildman–Crippen LogP) is 2.21. The molecule has 9 heteroatoms. The smallest absolute Gasteiger partial charge is 0.411 e. The Bertz CT molecular complexity index is 687. The van der Waals surface area contributed by atoms with E-state index < -0.39 is 6.09 Å². The van der Waals surface area contributed by atoms with Gasteiger partial charge in [-0.05, 0) is 31.0 Å². The van der Waals surface area contributed by atoms with Crippen molar-refractivity contribution >= 4 is 29.4 Å².